The van der Waals surface area contributed by atoms with Crippen LogP contribution in [0.4, 0.5) is 0 Å². The predicted octanol–water partition coefficient (Wildman–Crippen LogP) is 2.08. The van der Waals surface area contributed by atoms with E-state index < -0.39 is 0 Å². The van der Waals surface area contributed by atoms with Crippen LogP contribution in [0.15, 0.2) is 24.3 Å². The quantitative estimate of drug-likeness (QED) is 0.842. The van der Waals surface area contributed by atoms with Gasteiger partial charge in [0.05, 0.1) is 6.61 Å². The lowest BCUT2D eigenvalue weighted by molar-refractivity contribution is -0.121. The van der Waals surface area contributed by atoms with Crippen LogP contribution >= 0.6 is 0 Å². The van der Waals surface area contributed by atoms with Gasteiger partial charge in [-0.2, -0.15) is 0 Å². The maximum atomic E-state index is 11.4. The van der Waals surface area contributed by atoms with Gasteiger partial charge in [0.25, 0.3) is 0 Å². The van der Waals surface area contributed by atoms with Crippen molar-refractivity contribution in [1.82, 2.24) is 5.32 Å². The number of carbonyl (C=O) groups excluding carboxylic acids is 1. The van der Waals surface area contributed by atoms with E-state index in [0.717, 1.165) is 12.2 Å². The van der Waals surface area contributed by atoms with Crippen LogP contribution in [0.3, 0.4) is 0 Å². The predicted molar refractivity (Wildman–Crippen MR) is 62.6 cm³/mol. The van der Waals surface area contributed by atoms with Crippen molar-refractivity contribution < 1.29 is 9.53 Å². The highest BCUT2D eigenvalue weighted by Gasteiger charge is 2.23. The van der Waals surface area contributed by atoms with Gasteiger partial charge < -0.3 is 10.1 Å². The molecule has 3 nitrogen and oxygen atoms in total. The highest BCUT2D eigenvalue weighted by Crippen LogP contribution is 2.32. The first-order valence-corrected chi connectivity index (χ1v) is 5.79. The van der Waals surface area contributed by atoms with Crippen LogP contribution in [-0.2, 0) is 4.79 Å². The number of hydrogen-bond acceptors (Lipinski definition) is 2. The number of carbonyl (C=O) groups is 1. The van der Waals surface area contributed by atoms with Crippen molar-refractivity contribution in [1.29, 1.82) is 0 Å². The van der Waals surface area contributed by atoms with Crippen LogP contribution in [0.5, 0.6) is 5.75 Å². The Labute approximate surface area is 95.8 Å². The van der Waals surface area contributed by atoms with E-state index in [-0.39, 0.29) is 5.91 Å². The first-order valence-electron chi connectivity index (χ1n) is 5.79. The summed E-state index contributed by atoms with van der Waals surface area (Å²) in [6.45, 7) is 3.36. The van der Waals surface area contributed by atoms with Crippen LogP contribution in [0, 0.1) is 0 Å². The van der Waals surface area contributed by atoms with Crippen molar-refractivity contribution in [2.24, 2.45) is 0 Å². The minimum atomic E-state index is 0.131. The molecular formula is C13H17NO2. The number of ether oxygens (including phenoxy) is 1. The summed E-state index contributed by atoms with van der Waals surface area (Å²) < 4.78 is 5.55. The molecular weight excluding hydrogens is 202 g/mol. The molecule has 1 unspecified atom stereocenters. The maximum absolute atomic E-state index is 11.4. The van der Waals surface area contributed by atoms with E-state index in [1.165, 1.54) is 5.56 Å². The smallest absolute Gasteiger partial charge is 0.220 e. The molecule has 86 valence electrons. The monoisotopic (exact) mass is 219 g/mol. The van der Waals surface area contributed by atoms with E-state index >= 15 is 0 Å². The van der Waals surface area contributed by atoms with Crippen LogP contribution in [-0.4, -0.2) is 19.1 Å². The van der Waals surface area contributed by atoms with E-state index in [0.29, 0.717) is 25.5 Å². The van der Waals surface area contributed by atoms with E-state index in [4.69, 9.17) is 4.74 Å². The van der Waals surface area contributed by atoms with Crippen molar-refractivity contribution in [2.45, 2.75) is 25.7 Å². The summed E-state index contributed by atoms with van der Waals surface area (Å²) in [6, 6.07) is 8.02. The van der Waals surface area contributed by atoms with Crippen molar-refractivity contribution in [3.05, 3.63) is 29.8 Å². The SMILES string of the molecule is CCCC(=O)NCC1COc2ccccc21. The van der Waals surface area contributed by atoms with Gasteiger partial charge in [0.15, 0.2) is 0 Å². The average molecular weight is 219 g/mol. The Balaban J connectivity index is 1.91. The molecule has 1 amide bonds. The van der Waals surface area contributed by atoms with E-state index in [2.05, 4.69) is 11.4 Å². The summed E-state index contributed by atoms with van der Waals surface area (Å²) in [6.07, 6.45) is 1.50. The molecule has 16 heavy (non-hydrogen) atoms. The number of hydrogen-bond donors (Lipinski definition) is 1. The van der Waals surface area contributed by atoms with Gasteiger partial charge in [0.1, 0.15) is 5.75 Å². The van der Waals surface area contributed by atoms with Crippen molar-refractivity contribution in [3.63, 3.8) is 0 Å². The second-order valence-corrected chi connectivity index (χ2v) is 4.10. The minimum absolute atomic E-state index is 0.131. The highest BCUT2D eigenvalue weighted by atomic mass is 16.5. The molecule has 1 aromatic rings. The van der Waals surface area contributed by atoms with Gasteiger partial charge in [0, 0.05) is 24.4 Å². The van der Waals surface area contributed by atoms with Gasteiger partial charge in [-0.1, -0.05) is 25.1 Å². The molecule has 1 aliphatic rings. The Morgan fingerprint density at radius 3 is 3.12 bits per heavy atom. The molecule has 0 aromatic heterocycles. The van der Waals surface area contributed by atoms with Crippen LogP contribution in [0.25, 0.3) is 0 Å². The van der Waals surface area contributed by atoms with Crippen molar-refractivity contribution >= 4 is 5.91 Å². The minimum Gasteiger partial charge on any atom is -0.493 e. The fraction of sp³-hybridized carbons (Fsp3) is 0.462. The number of para-hydroxylation sites is 1. The molecule has 3 heteroatoms. The zero-order valence-electron chi connectivity index (χ0n) is 9.53. The number of fused-ring (bicyclic) bond motifs is 1. The number of nitrogens with one attached hydrogen (secondary N) is 1. The normalized spacial score (nSPS) is 17.7. The molecule has 1 atom stereocenters. The zero-order valence-corrected chi connectivity index (χ0v) is 9.53. The number of rotatable bonds is 4. The lowest BCUT2D eigenvalue weighted by Crippen LogP contribution is -2.28. The summed E-state index contributed by atoms with van der Waals surface area (Å²) in [5.41, 5.74) is 1.21. The molecule has 0 spiro atoms. The molecule has 2 rings (SSSR count). The van der Waals surface area contributed by atoms with Gasteiger partial charge in [-0.05, 0) is 12.5 Å². The maximum Gasteiger partial charge on any atom is 0.220 e. The summed E-state index contributed by atoms with van der Waals surface area (Å²) in [7, 11) is 0. The zero-order chi connectivity index (χ0) is 11.4. The second kappa shape index (κ2) is 5.01. The summed E-state index contributed by atoms with van der Waals surface area (Å²) in [5.74, 6) is 1.39. The fourth-order valence-corrected chi connectivity index (χ4v) is 1.95. The summed E-state index contributed by atoms with van der Waals surface area (Å²) in [4.78, 5) is 11.4. The molecule has 0 saturated heterocycles. The number of benzene rings is 1. The standard InChI is InChI=1S/C13H17NO2/c1-2-5-13(15)14-8-10-9-16-12-7-4-3-6-11(10)12/h3-4,6-7,10H,2,5,8-9H2,1H3,(H,14,15). The second-order valence-electron chi connectivity index (χ2n) is 4.10. The third kappa shape index (κ3) is 2.35. The lowest BCUT2D eigenvalue weighted by atomic mass is 10.0. The Hall–Kier alpha value is -1.51. The van der Waals surface area contributed by atoms with Crippen LogP contribution in [0.2, 0.25) is 0 Å². The van der Waals surface area contributed by atoms with Crippen LogP contribution in [0.1, 0.15) is 31.2 Å². The van der Waals surface area contributed by atoms with E-state index in [1.807, 2.05) is 25.1 Å². The topological polar surface area (TPSA) is 38.3 Å². The molecule has 0 fully saturated rings. The summed E-state index contributed by atoms with van der Waals surface area (Å²) >= 11 is 0. The van der Waals surface area contributed by atoms with Crippen molar-refractivity contribution in [2.75, 3.05) is 13.2 Å². The van der Waals surface area contributed by atoms with Gasteiger partial charge in [-0.15, -0.1) is 0 Å². The summed E-state index contributed by atoms with van der Waals surface area (Å²) in [5, 5.41) is 2.95. The molecule has 0 bridgehead atoms. The number of amides is 1. The highest BCUT2D eigenvalue weighted by molar-refractivity contribution is 5.75. The fourth-order valence-electron chi connectivity index (χ4n) is 1.95. The molecule has 1 N–H and O–H groups in total. The molecule has 0 aliphatic carbocycles. The average Bonchev–Trinajstić information content (AvgIpc) is 2.70. The van der Waals surface area contributed by atoms with Crippen molar-refractivity contribution in [3.8, 4) is 5.75 Å². The van der Waals surface area contributed by atoms with Crippen LogP contribution < -0.4 is 10.1 Å². The molecule has 1 aliphatic heterocycles. The first-order chi connectivity index (χ1) is 7.81. The Morgan fingerprint density at radius 1 is 1.50 bits per heavy atom. The molecule has 1 heterocycles. The Kier molecular flexibility index (Phi) is 3.44. The first kappa shape index (κ1) is 11.0. The molecule has 0 saturated carbocycles. The lowest BCUT2D eigenvalue weighted by Gasteiger charge is -2.09. The Bertz CT molecular complexity index is 376. The van der Waals surface area contributed by atoms with E-state index in [1.54, 1.807) is 0 Å². The van der Waals surface area contributed by atoms with Gasteiger partial charge >= 0.3 is 0 Å². The van der Waals surface area contributed by atoms with Gasteiger partial charge in [-0.3, -0.25) is 4.79 Å². The van der Waals surface area contributed by atoms with Gasteiger partial charge in [-0.25, -0.2) is 0 Å². The Morgan fingerprint density at radius 2 is 2.31 bits per heavy atom. The molecule has 1 aromatic carbocycles. The molecule has 0 radical (unpaired) electrons. The third-order valence-corrected chi connectivity index (χ3v) is 2.82. The van der Waals surface area contributed by atoms with E-state index in [9.17, 15) is 4.79 Å². The largest absolute Gasteiger partial charge is 0.493 e. The van der Waals surface area contributed by atoms with Gasteiger partial charge in [0.2, 0.25) is 5.91 Å². The third-order valence-electron chi connectivity index (χ3n) is 2.82.